The average molecular weight is 279 g/mol. The molecule has 1 amide bonds. The van der Waals surface area contributed by atoms with Crippen LogP contribution >= 0.6 is 11.8 Å². The maximum atomic E-state index is 11.3. The standard InChI is InChI=1S/C14H17NO3S/c1-3-8-15-13(16)10-19-9-11-4-6-12(7-5-11)14(17)18-2/h3-7H,1,8-10H2,2H3,(H,15,16). The van der Waals surface area contributed by atoms with Gasteiger partial charge in [-0.05, 0) is 17.7 Å². The lowest BCUT2D eigenvalue weighted by atomic mass is 10.1. The quantitative estimate of drug-likeness (QED) is 0.613. The van der Waals surface area contributed by atoms with Gasteiger partial charge in [-0.1, -0.05) is 18.2 Å². The SMILES string of the molecule is C=CCNC(=O)CSCc1ccc(C(=O)OC)cc1. The van der Waals surface area contributed by atoms with Crippen LogP contribution in [0.2, 0.25) is 0 Å². The van der Waals surface area contributed by atoms with Crippen LogP contribution in [0.15, 0.2) is 36.9 Å². The van der Waals surface area contributed by atoms with Crippen LogP contribution in [0.5, 0.6) is 0 Å². The van der Waals surface area contributed by atoms with Crippen molar-refractivity contribution in [2.24, 2.45) is 0 Å². The van der Waals surface area contributed by atoms with Gasteiger partial charge in [-0.2, -0.15) is 0 Å². The van der Waals surface area contributed by atoms with Gasteiger partial charge in [0.15, 0.2) is 0 Å². The summed E-state index contributed by atoms with van der Waals surface area (Å²) in [5.41, 5.74) is 1.59. The summed E-state index contributed by atoms with van der Waals surface area (Å²) in [6.45, 7) is 4.02. The maximum Gasteiger partial charge on any atom is 0.337 e. The molecule has 19 heavy (non-hydrogen) atoms. The summed E-state index contributed by atoms with van der Waals surface area (Å²) in [5.74, 6) is 0.786. The monoisotopic (exact) mass is 279 g/mol. The summed E-state index contributed by atoms with van der Waals surface area (Å²) in [4.78, 5) is 22.6. The van der Waals surface area contributed by atoms with Gasteiger partial charge < -0.3 is 10.1 Å². The molecule has 5 heteroatoms. The number of rotatable bonds is 7. The molecule has 0 radical (unpaired) electrons. The third-order valence-electron chi connectivity index (χ3n) is 2.32. The second kappa shape index (κ2) is 8.37. The Hall–Kier alpha value is -1.75. The van der Waals surface area contributed by atoms with E-state index >= 15 is 0 Å². The van der Waals surface area contributed by atoms with E-state index in [1.165, 1.54) is 18.9 Å². The van der Waals surface area contributed by atoms with Gasteiger partial charge in [-0.15, -0.1) is 18.3 Å². The van der Waals surface area contributed by atoms with Crippen LogP contribution in [0.25, 0.3) is 0 Å². The Morgan fingerprint density at radius 2 is 2.05 bits per heavy atom. The van der Waals surface area contributed by atoms with Gasteiger partial charge in [0, 0.05) is 12.3 Å². The van der Waals surface area contributed by atoms with Crippen molar-refractivity contribution in [3.63, 3.8) is 0 Å². The van der Waals surface area contributed by atoms with Crippen molar-refractivity contribution >= 4 is 23.6 Å². The van der Waals surface area contributed by atoms with E-state index in [9.17, 15) is 9.59 Å². The lowest BCUT2D eigenvalue weighted by molar-refractivity contribution is -0.118. The number of hydrogen-bond donors (Lipinski definition) is 1. The van der Waals surface area contributed by atoms with Crippen molar-refractivity contribution in [3.8, 4) is 0 Å². The molecule has 0 aromatic heterocycles. The Labute approximate surface area is 117 Å². The predicted octanol–water partition coefficient (Wildman–Crippen LogP) is 2.01. The molecule has 4 nitrogen and oxygen atoms in total. The number of methoxy groups -OCH3 is 1. The van der Waals surface area contributed by atoms with Gasteiger partial charge >= 0.3 is 5.97 Å². The number of nitrogens with one attached hydrogen (secondary N) is 1. The normalized spacial score (nSPS) is 9.74. The van der Waals surface area contributed by atoms with E-state index in [-0.39, 0.29) is 11.9 Å². The fourth-order valence-electron chi connectivity index (χ4n) is 1.35. The van der Waals surface area contributed by atoms with Crippen molar-refractivity contribution < 1.29 is 14.3 Å². The highest BCUT2D eigenvalue weighted by molar-refractivity contribution is 7.99. The molecule has 1 rings (SSSR count). The molecule has 0 heterocycles. The number of thioether (sulfide) groups is 1. The summed E-state index contributed by atoms with van der Waals surface area (Å²) in [7, 11) is 1.36. The van der Waals surface area contributed by atoms with Gasteiger partial charge in [0.2, 0.25) is 5.91 Å². The molecule has 0 fully saturated rings. The Kier molecular flexibility index (Phi) is 6.74. The number of carbonyl (C=O) groups excluding carboxylic acids is 2. The topological polar surface area (TPSA) is 55.4 Å². The molecule has 0 unspecified atom stereocenters. The highest BCUT2D eigenvalue weighted by Crippen LogP contribution is 2.13. The number of benzene rings is 1. The lowest BCUT2D eigenvalue weighted by Gasteiger charge is -2.04. The first-order valence-electron chi connectivity index (χ1n) is 5.80. The van der Waals surface area contributed by atoms with Crippen LogP contribution in [0, 0.1) is 0 Å². The van der Waals surface area contributed by atoms with Crippen LogP contribution in [0.4, 0.5) is 0 Å². The summed E-state index contributed by atoms with van der Waals surface area (Å²) in [6.07, 6.45) is 1.65. The fourth-order valence-corrected chi connectivity index (χ4v) is 2.17. The minimum absolute atomic E-state index is 0.00363. The minimum atomic E-state index is -0.344. The van der Waals surface area contributed by atoms with Crippen LogP contribution in [0.1, 0.15) is 15.9 Å². The Balaban J connectivity index is 2.36. The third kappa shape index (κ3) is 5.61. The molecule has 0 saturated carbocycles. The van der Waals surface area contributed by atoms with E-state index in [4.69, 9.17) is 0 Å². The zero-order chi connectivity index (χ0) is 14.1. The molecular formula is C14H17NO3S. The van der Waals surface area contributed by atoms with Crippen molar-refractivity contribution in [1.82, 2.24) is 5.32 Å². The average Bonchev–Trinajstić information content (AvgIpc) is 2.45. The van der Waals surface area contributed by atoms with E-state index in [1.54, 1.807) is 18.2 Å². The molecule has 102 valence electrons. The zero-order valence-corrected chi connectivity index (χ0v) is 11.7. The van der Waals surface area contributed by atoms with E-state index < -0.39 is 0 Å². The number of amides is 1. The largest absolute Gasteiger partial charge is 0.465 e. The molecule has 0 atom stereocenters. The molecule has 1 aromatic rings. The summed E-state index contributed by atoms with van der Waals surface area (Å²) in [6, 6.07) is 7.17. The number of carbonyl (C=O) groups is 2. The molecule has 0 spiro atoms. The molecule has 0 aliphatic heterocycles. The number of hydrogen-bond acceptors (Lipinski definition) is 4. The highest BCUT2D eigenvalue weighted by atomic mass is 32.2. The molecule has 0 bridgehead atoms. The second-order valence-electron chi connectivity index (χ2n) is 3.77. The second-order valence-corrected chi connectivity index (χ2v) is 4.76. The highest BCUT2D eigenvalue weighted by Gasteiger charge is 2.05. The first-order valence-corrected chi connectivity index (χ1v) is 6.95. The Bertz CT molecular complexity index is 443. The molecule has 1 N–H and O–H groups in total. The van der Waals surface area contributed by atoms with Crippen LogP contribution in [-0.4, -0.2) is 31.3 Å². The van der Waals surface area contributed by atoms with Crippen LogP contribution in [-0.2, 0) is 15.3 Å². The summed E-state index contributed by atoms with van der Waals surface area (Å²) < 4.78 is 4.62. The third-order valence-corrected chi connectivity index (χ3v) is 3.32. The smallest absolute Gasteiger partial charge is 0.337 e. The van der Waals surface area contributed by atoms with Crippen molar-refractivity contribution in [3.05, 3.63) is 48.0 Å². The van der Waals surface area contributed by atoms with Gasteiger partial charge in [0.05, 0.1) is 18.4 Å². The van der Waals surface area contributed by atoms with E-state index in [2.05, 4.69) is 16.6 Å². The first kappa shape index (κ1) is 15.3. The van der Waals surface area contributed by atoms with E-state index in [0.29, 0.717) is 17.9 Å². The van der Waals surface area contributed by atoms with Crippen molar-refractivity contribution in [1.29, 1.82) is 0 Å². The number of ether oxygens (including phenoxy) is 1. The summed E-state index contributed by atoms with van der Waals surface area (Å²) >= 11 is 1.52. The fraction of sp³-hybridized carbons (Fsp3) is 0.286. The molecule has 0 aliphatic rings. The maximum absolute atomic E-state index is 11.3. The Morgan fingerprint density at radius 3 is 2.63 bits per heavy atom. The van der Waals surface area contributed by atoms with Gasteiger partial charge in [0.25, 0.3) is 0 Å². The van der Waals surface area contributed by atoms with Crippen LogP contribution < -0.4 is 5.32 Å². The van der Waals surface area contributed by atoms with Gasteiger partial charge in [-0.3, -0.25) is 4.79 Å². The van der Waals surface area contributed by atoms with Gasteiger partial charge in [-0.25, -0.2) is 4.79 Å². The Morgan fingerprint density at radius 1 is 1.37 bits per heavy atom. The molecular weight excluding hydrogens is 262 g/mol. The predicted molar refractivity (Wildman–Crippen MR) is 77.2 cm³/mol. The molecule has 0 aliphatic carbocycles. The van der Waals surface area contributed by atoms with Crippen molar-refractivity contribution in [2.75, 3.05) is 19.4 Å². The first-order chi connectivity index (χ1) is 9.17. The molecule has 1 aromatic carbocycles. The van der Waals surface area contributed by atoms with Crippen molar-refractivity contribution in [2.45, 2.75) is 5.75 Å². The van der Waals surface area contributed by atoms with E-state index in [1.807, 2.05) is 12.1 Å². The summed E-state index contributed by atoms with van der Waals surface area (Å²) in [5, 5.41) is 2.71. The zero-order valence-electron chi connectivity index (χ0n) is 10.8. The minimum Gasteiger partial charge on any atom is -0.465 e. The van der Waals surface area contributed by atoms with Gasteiger partial charge in [0.1, 0.15) is 0 Å². The van der Waals surface area contributed by atoms with Crippen LogP contribution in [0.3, 0.4) is 0 Å². The number of esters is 1. The lowest BCUT2D eigenvalue weighted by Crippen LogP contribution is -2.24. The molecule has 0 saturated heterocycles. The van der Waals surface area contributed by atoms with E-state index in [0.717, 1.165) is 11.3 Å².